The van der Waals surface area contributed by atoms with E-state index in [4.69, 9.17) is 4.74 Å². The molecule has 20 heavy (non-hydrogen) atoms. The van der Waals surface area contributed by atoms with Gasteiger partial charge in [0, 0.05) is 23.7 Å². The minimum absolute atomic E-state index is 0.391. The van der Waals surface area contributed by atoms with Crippen molar-refractivity contribution in [3.05, 3.63) is 29.8 Å². The summed E-state index contributed by atoms with van der Waals surface area (Å²) in [6.07, 6.45) is 5.12. The highest BCUT2D eigenvalue weighted by Crippen LogP contribution is 2.32. The van der Waals surface area contributed by atoms with E-state index in [2.05, 4.69) is 49.4 Å². The number of nitrogens with zero attached hydrogens (tertiary/aromatic N) is 1. The van der Waals surface area contributed by atoms with Crippen LogP contribution in [0.5, 0.6) is 5.75 Å². The highest BCUT2D eigenvalue weighted by atomic mass is 16.5. The summed E-state index contributed by atoms with van der Waals surface area (Å²) in [5, 5.41) is 3.40. The molecular weight excluding hydrogens is 248 g/mol. The third-order valence-electron chi connectivity index (χ3n) is 4.88. The minimum Gasteiger partial charge on any atom is -0.496 e. The molecule has 0 spiro atoms. The second-order valence-electron chi connectivity index (χ2n) is 5.88. The van der Waals surface area contributed by atoms with E-state index >= 15 is 0 Å². The fraction of sp³-hybridized carbons (Fsp3) is 0.647. The number of benzene rings is 1. The van der Waals surface area contributed by atoms with Crippen molar-refractivity contribution < 1.29 is 4.74 Å². The van der Waals surface area contributed by atoms with E-state index in [-0.39, 0.29) is 0 Å². The van der Waals surface area contributed by atoms with Gasteiger partial charge in [0.05, 0.1) is 7.11 Å². The highest BCUT2D eigenvalue weighted by Gasteiger charge is 2.27. The van der Waals surface area contributed by atoms with E-state index in [1.54, 1.807) is 7.11 Å². The lowest BCUT2D eigenvalue weighted by atomic mass is 9.89. The smallest absolute Gasteiger partial charge is 0.123 e. The molecule has 0 radical (unpaired) electrons. The van der Waals surface area contributed by atoms with E-state index < -0.39 is 0 Å². The van der Waals surface area contributed by atoms with Gasteiger partial charge in [-0.2, -0.15) is 0 Å². The molecule has 0 aliphatic heterocycles. The SMILES string of the molecule is CNC1CCC(N(C)C(C)c2ccccc2OC)CC1. The monoisotopic (exact) mass is 276 g/mol. The quantitative estimate of drug-likeness (QED) is 0.893. The van der Waals surface area contributed by atoms with E-state index in [0.717, 1.165) is 5.75 Å². The molecule has 0 saturated heterocycles. The Morgan fingerprint density at radius 3 is 2.45 bits per heavy atom. The predicted octanol–water partition coefficient (Wildman–Crippen LogP) is 3.22. The lowest BCUT2D eigenvalue weighted by Gasteiger charge is -2.38. The molecule has 1 atom stereocenters. The molecule has 1 N–H and O–H groups in total. The predicted molar refractivity (Wildman–Crippen MR) is 84.3 cm³/mol. The first-order valence-corrected chi connectivity index (χ1v) is 7.69. The third kappa shape index (κ3) is 3.33. The van der Waals surface area contributed by atoms with Gasteiger partial charge in [-0.25, -0.2) is 0 Å². The summed E-state index contributed by atoms with van der Waals surface area (Å²) in [5.74, 6) is 0.996. The Morgan fingerprint density at radius 1 is 1.20 bits per heavy atom. The van der Waals surface area contributed by atoms with Crippen molar-refractivity contribution in [3.8, 4) is 5.75 Å². The van der Waals surface area contributed by atoms with Gasteiger partial charge in [0.15, 0.2) is 0 Å². The zero-order valence-corrected chi connectivity index (χ0v) is 13.2. The van der Waals surface area contributed by atoms with Crippen molar-refractivity contribution in [3.63, 3.8) is 0 Å². The first-order valence-electron chi connectivity index (χ1n) is 7.69. The van der Waals surface area contributed by atoms with Gasteiger partial charge in [-0.05, 0) is 52.8 Å². The number of rotatable bonds is 5. The van der Waals surface area contributed by atoms with Crippen LogP contribution in [0.2, 0.25) is 0 Å². The Hall–Kier alpha value is -1.06. The summed E-state index contributed by atoms with van der Waals surface area (Å²) >= 11 is 0. The summed E-state index contributed by atoms with van der Waals surface area (Å²) in [6.45, 7) is 2.28. The van der Waals surface area contributed by atoms with E-state index in [0.29, 0.717) is 18.1 Å². The van der Waals surface area contributed by atoms with Crippen molar-refractivity contribution in [2.45, 2.75) is 50.7 Å². The summed E-state index contributed by atoms with van der Waals surface area (Å²) in [4.78, 5) is 2.52. The van der Waals surface area contributed by atoms with Gasteiger partial charge in [-0.1, -0.05) is 18.2 Å². The second-order valence-corrected chi connectivity index (χ2v) is 5.88. The first-order chi connectivity index (χ1) is 9.67. The highest BCUT2D eigenvalue weighted by molar-refractivity contribution is 5.35. The number of ether oxygens (including phenoxy) is 1. The van der Waals surface area contributed by atoms with Crippen LogP contribution in [-0.2, 0) is 0 Å². The van der Waals surface area contributed by atoms with Crippen LogP contribution in [0.25, 0.3) is 0 Å². The molecular formula is C17H28N2O. The molecule has 3 heteroatoms. The lowest BCUT2D eigenvalue weighted by Crippen LogP contribution is -2.40. The van der Waals surface area contributed by atoms with Crippen LogP contribution >= 0.6 is 0 Å². The molecule has 1 saturated carbocycles. The molecule has 1 aliphatic carbocycles. The van der Waals surface area contributed by atoms with Gasteiger partial charge in [-0.3, -0.25) is 4.90 Å². The fourth-order valence-electron chi connectivity index (χ4n) is 3.32. The number of para-hydroxylation sites is 1. The van der Waals surface area contributed by atoms with Gasteiger partial charge in [0.1, 0.15) is 5.75 Å². The van der Waals surface area contributed by atoms with E-state index in [1.165, 1.54) is 31.2 Å². The zero-order chi connectivity index (χ0) is 14.5. The Labute approximate surface area is 123 Å². The average Bonchev–Trinajstić information content (AvgIpc) is 2.53. The number of hydrogen-bond acceptors (Lipinski definition) is 3. The van der Waals surface area contributed by atoms with Gasteiger partial charge < -0.3 is 10.1 Å². The van der Waals surface area contributed by atoms with Crippen molar-refractivity contribution in [1.29, 1.82) is 0 Å². The van der Waals surface area contributed by atoms with Gasteiger partial charge in [0.2, 0.25) is 0 Å². The molecule has 2 rings (SSSR count). The Balaban J connectivity index is 2.03. The standard InChI is InChI=1S/C17H28N2O/c1-13(16-7-5-6-8-17(16)20-4)19(3)15-11-9-14(18-2)10-12-15/h5-8,13-15,18H,9-12H2,1-4H3. The van der Waals surface area contributed by atoms with E-state index in [1.807, 2.05) is 6.07 Å². The molecule has 0 amide bonds. The topological polar surface area (TPSA) is 24.5 Å². The molecule has 1 aromatic rings. The normalized spacial score (nSPS) is 24.6. The van der Waals surface area contributed by atoms with Crippen LogP contribution in [0.4, 0.5) is 0 Å². The van der Waals surface area contributed by atoms with Gasteiger partial charge in [-0.15, -0.1) is 0 Å². The minimum atomic E-state index is 0.391. The molecule has 0 heterocycles. The maximum absolute atomic E-state index is 5.50. The number of methoxy groups -OCH3 is 1. The van der Waals surface area contributed by atoms with Crippen LogP contribution in [0.3, 0.4) is 0 Å². The average molecular weight is 276 g/mol. The van der Waals surface area contributed by atoms with E-state index in [9.17, 15) is 0 Å². The molecule has 112 valence electrons. The van der Waals surface area contributed by atoms with Crippen LogP contribution in [-0.4, -0.2) is 38.2 Å². The van der Waals surface area contributed by atoms with Crippen molar-refractivity contribution in [2.75, 3.05) is 21.2 Å². The zero-order valence-electron chi connectivity index (χ0n) is 13.2. The Bertz CT molecular complexity index is 413. The maximum atomic E-state index is 5.50. The van der Waals surface area contributed by atoms with Gasteiger partial charge >= 0.3 is 0 Å². The Morgan fingerprint density at radius 2 is 1.85 bits per heavy atom. The molecule has 1 fully saturated rings. The molecule has 1 aliphatic rings. The summed E-state index contributed by atoms with van der Waals surface area (Å²) in [6, 6.07) is 10.1. The van der Waals surface area contributed by atoms with Gasteiger partial charge in [0.25, 0.3) is 0 Å². The van der Waals surface area contributed by atoms with Crippen LogP contribution in [0.15, 0.2) is 24.3 Å². The molecule has 1 unspecified atom stereocenters. The summed E-state index contributed by atoms with van der Waals surface area (Å²) in [7, 11) is 6.08. The van der Waals surface area contributed by atoms with Crippen molar-refractivity contribution >= 4 is 0 Å². The molecule has 3 nitrogen and oxygen atoms in total. The molecule has 1 aromatic carbocycles. The van der Waals surface area contributed by atoms with Crippen LogP contribution in [0.1, 0.15) is 44.2 Å². The van der Waals surface area contributed by atoms with Crippen LogP contribution < -0.4 is 10.1 Å². The largest absolute Gasteiger partial charge is 0.496 e. The fourth-order valence-corrected chi connectivity index (χ4v) is 3.32. The van der Waals surface area contributed by atoms with Crippen molar-refractivity contribution in [2.24, 2.45) is 0 Å². The molecule has 0 aromatic heterocycles. The van der Waals surface area contributed by atoms with Crippen molar-refractivity contribution in [1.82, 2.24) is 10.2 Å². The Kier molecular flexibility index (Phi) is 5.44. The summed E-state index contributed by atoms with van der Waals surface area (Å²) < 4.78 is 5.50. The number of nitrogens with one attached hydrogen (secondary N) is 1. The lowest BCUT2D eigenvalue weighted by molar-refractivity contribution is 0.134. The summed E-state index contributed by atoms with van der Waals surface area (Å²) in [5.41, 5.74) is 1.29. The van der Waals surface area contributed by atoms with Crippen LogP contribution in [0, 0.1) is 0 Å². The first kappa shape index (κ1) is 15.3. The number of hydrogen-bond donors (Lipinski definition) is 1. The third-order valence-corrected chi connectivity index (χ3v) is 4.88. The maximum Gasteiger partial charge on any atom is 0.123 e. The second kappa shape index (κ2) is 7.09. The molecule has 0 bridgehead atoms.